The highest BCUT2D eigenvalue weighted by Gasteiger charge is 2.15. The summed E-state index contributed by atoms with van der Waals surface area (Å²) in [6, 6.07) is 17.0. The number of carbonyl (C=O) groups excluding carboxylic acids is 1. The van der Waals surface area contributed by atoms with Gasteiger partial charge >= 0.3 is 0 Å². The standard InChI is InChI=1S/C23H22N2O5/c1-15-8-10-19(25(27)28)13-20(15)24-23(26)17-9-11-22(29-3)18(12-17)14-30-21-7-5-4-6-16(21)2/h4-13H,14H2,1-3H3,(H,24,26). The Hall–Kier alpha value is -3.87. The molecule has 0 heterocycles. The number of benzene rings is 3. The van der Waals surface area contributed by atoms with Crippen molar-refractivity contribution in [2.45, 2.75) is 20.5 Å². The van der Waals surface area contributed by atoms with Crippen molar-refractivity contribution in [2.75, 3.05) is 12.4 Å². The van der Waals surface area contributed by atoms with Crippen LogP contribution >= 0.6 is 0 Å². The van der Waals surface area contributed by atoms with Crippen LogP contribution < -0.4 is 14.8 Å². The van der Waals surface area contributed by atoms with Crippen molar-refractivity contribution >= 4 is 17.3 Å². The smallest absolute Gasteiger partial charge is 0.271 e. The lowest BCUT2D eigenvalue weighted by Crippen LogP contribution is -2.14. The lowest BCUT2D eigenvalue weighted by molar-refractivity contribution is -0.384. The van der Waals surface area contributed by atoms with Crippen LogP contribution in [0.1, 0.15) is 27.0 Å². The van der Waals surface area contributed by atoms with E-state index in [1.54, 1.807) is 38.3 Å². The summed E-state index contributed by atoms with van der Waals surface area (Å²) < 4.78 is 11.3. The normalized spacial score (nSPS) is 10.4. The molecular formula is C23H22N2O5. The van der Waals surface area contributed by atoms with E-state index in [9.17, 15) is 14.9 Å². The minimum atomic E-state index is -0.497. The molecule has 3 aromatic carbocycles. The molecule has 3 aromatic rings. The van der Waals surface area contributed by atoms with Crippen LogP contribution in [0.25, 0.3) is 0 Å². The van der Waals surface area contributed by atoms with Gasteiger partial charge in [-0.05, 0) is 49.2 Å². The average molecular weight is 406 g/mol. The second-order valence-corrected chi connectivity index (χ2v) is 6.79. The number of nitrogens with zero attached hydrogens (tertiary/aromatic N) is 1. The van der Waals surface area contributed by atoms with Crippen LogP contribution in [0, 0.1) is 24.0 Å². The summed E-state index contributed by atoms with van der Waals surface area (Å²) in [5, 5.41) is 13.8. The molecule has 30 heavy (non-hydrogen) atoms. The predicted molar refractivity (Wildman–Crippen MR) is 114 cm³/mol. The van der Waals surface area contributed by atoms with Crippen LogP contribution in [0.2, 0.25) is 0 Å². The number of nitro benzene ring substituents is 1. The number of methoxy groups -OCH3 is 1. The number of amides is 1. The Morgan fingerprint density at radius 2 is 1.77 bits per heavy atom. The molecule has 0 aliphatic rings. The molecule has 0 aliphatic heterocycles. The molecule has 0 aromatic heterocycles. The molecule has 1 amide bonds. The largest absolute Gasteiger partial charge is 0.496 e. The third-order valence-corrected chi connectivity index (χ3v) is 4.70. The van der Waals surface area contributed by atoms with Crippen LogP contribution in [-0.4, -0.2) is 17.9 Å². The fourth-order valence-electron chi connectivity index (χ4n) is 2.96. The average Bonchev–Trinajstić information content (AvgIpc) is 2.74. The summed E-state index contributed by atoms with van der Waals surface area (Å²) in [6.07, 6.45) is 0. The molecule has 1 N–H and O–H groups in total. The monoisotopic (exact) mass is 406 g/mol. The van der Waals surface area contributed by atoms with Crippen LogP contribution in [0.15, 0.2) is 60.7 Å². The van der Waals surface area contributed by atoms with Crippen molar-refractivity contribution in [1.29, 1.82) is 0 Å². The molecule has 0 atom stereocenters. The lowest BCUT2D eigenvalue weighted by atomic mass is 10.1. The topological polar surface area (TPSA) is 90.7 Å². The van der Waals surface area contributed by atoms with E-state index < -0.39 is 4.92 Å². The van der Waals surface area contributed by atoms with Gasteiger partial charge in [0.1, 0.15) is 18.1 Å². The number of hydrogen-bond donors (Lipinski definition) is 1. The molecule has 3 rings (SSSR count). The van der Waals surface area contributed by atoms with Crippen LogP contribution in [0.4, 0.5) is 11.4 Å². The summed E-state index contributed by atoms with van der Waals surface area (Å²) in [7, 11) is 1.55. The van der Waals surface area contributed by atoms with E-state index in [2.05, 4.69) is 5.32 Å². The number of carbonyl (C=O) groups is 1. The SMILES string of the molecule is COc1ccc(C(=O)Nc2cc([N+](=O)[O-])ccc2C)cc1COc1ccccc1C. The first-order valence-corrected chi connectivity index (χ1v) is 9.31. The number of nitrogens with one attached hydrogen (secondary N) is 1. The number of non-ortho nitro benzene ring substituents is 1. The first-order chi connectivity index (χ1) is 14.4. The van der Waals surface area contributed by atoms with E-state index in [0.717, 1.165) is 16.9 Å². The van der Waals surface area contributed by atoms with Crippen LogP contribution in [-0.2, 0) is 6.61 Å². The Labute approximate surface area is 174 Å². The molecule has 7 heteroatoms. The Bertz CT molecular complexity index is 1090. The van der Waals surface area contributed by atoms with Gasteiger partial charge in [-0.3, -0.25) is 14.9 Å². The van der Waals surface area contributed by atoms with E-state index >= 15 is 0 Å². The number of hydrogen-bond acceptors (Lipinski definition) is 5. The van der Waals surface area contributed by atoms with Gasteiger partial charge < -0.3 is 14.8 Å². The van der Waals surface area contributed by atoms with Gasteiger partial charge in [0.2, 0.25) is 0 Å². The molecule has 7 nitrogen and oxygen atoms in total. The number of para-hydroxylation sites is 1. The molecule has 0 spiro atoms. The molecule has 0 unspecified atom stereocenters. The quantitative estimate of drug-likeness (QED) is 0.438. The third-order valence-electron chi connectivity index (χ3n) is 4.70. The number of nitro groups is 1. The van der Waals surface area contributed by atoms with Gasteiger partial charge in [0.15, 0.2) is 0 Å². The van der Waals surface area contributed by atoms with E-state index in [0.29, 0.717) is 22.6 Å². The zero-order valence-corrected chi connectivity index (χ0v) is 17.0. The second-order valence-electron chi connectivity index (χ2n) is 6.79. The number of aryl methyl sites for hydroxylation is 2. The van der Waals surface area contributed by atoms with Gasteiger partial charge in [-0.1, -0.05) is 24.3 Å². The number of ether oxygens (including phenoxy) is 2. The second kappa shape index (κ2) is 9.09. The van der Waals surface area contributed by atoms with E-state index in [1.165, 1.54) is 12.1 Å². The zero-order valence-electron chi connectivity index (χ0n) is 17.0. The number of rotatable bonds is 7. The third kappa shape index (κ3) is 4.75. The Morgan fingerprint density at radius 3 is 2.47 bits per heavy atom. The summed E-state index contributed by atoms with van der Waals surface area (Å²) in [6.45, 7) is 3.96. The Kier molecular flexibility index (Phi) is 6.32. The molecule has 0 radical (unpaired) electrons. The minimum absolute atomic E-state index is 0.0852. The van der Waals surface area contributed by atoms with Gasteiger partial charge in [0.25, 0.3) is 11.6 Å². The fourth-order valence-corrected chi connectivity index (χ4v) is 2.96. The first-order valence-electron chi connectivity index (χ1n) is 9.31. The zero-order chi connectivity index (χ0) is 21.7. The maximum Gasteiger partial charge on any atom is 0.271 e. The van der Waals surface area contributed by atoms with Gasteiger partial charge in [0, 0.05) is 23.3 Å². The molecule has 0 fully saturated rings. The molecule has 0 saturated carbocycles. The Balaban J connectivity index is 1.82. The van der Waals surface area contributed by atoms with Crippen LogP contribution in [0.5, 0.6) is 11.5 Å². The minimum Gasteiger partial charge on any atom is -0.496 e. The van der Waals surface area contributed by atoms with Crippen molar-refractivity contribution in [1.82, 2.24) is 0 Å². The van der Waals surface area contributed by atoms with Crippen molar-refractivity contribution in [3.63, 3.8) is 0 Å². The summed E-state index contributed by atoms with van der Waals surface area (Å²) in [4.78, 5) is 23.3. The van der Waals surface area contributed by atoms with Crippen molar-refractivity contribution in [3.05, 3.63) is 93.0 Å². The predicted octanol–water partition coefficient (Wildman–Crippen LogP) is 5.05. The van der Waals surface area contributed by atoms with E-state index in [4.69, 9.17) is 9.47 Å². The van der Waals surface area contributed by atoms with Crippen molar-refractivity contribution in [2.24, 2.45) is 0 Å². The summed E-state index contributed by atoms with van der Waals surface area (Å²) in [5.41, 5.74) is 3.15. The Morgan fingerprint density at radius 1 is 1.00 bits per heavy atom. The molecular weight excluding hydrogens is 384 g/mol. The van der Waals surface area contributed by atoms with Crippen molar-refractivity contribution in [3.8, 4) is 11.5 Å². The van der Waals surface area contributed by atoms with Gasteiger partial charge in [-0.2, -0.15) is 0 Å². The maximum atomic E-state index is 12.8. The lowest BCUT2D eigenvalue weighted by Gasteiger charge is -2.14. The maximum absolute atomic E-state index is 12.8. The highest BCUT2D eigenvalue weighted by molar-refractivity contribution is 6.05. The van der Waals surface area contributed by atoms with Gasteiger partial charge in [-0.25, -0.2) is 0 Å². The molecule has 0 saturated heterocycles. The van der Waals surface area contributed by atoms with Gasteiger partial charge in [-0.15, -0.1) is 0 Å². The van der Waals surface area contributed by atoms with E-state index in [1.807, 2.05) is 31.2 Å². The highest BCUT2D eigenvalue weighted by atomic mass is 16.6. The molecule has 154 valence electrons. The fraction of sp³-hybridized carbons (Fsp3) is 0.174. The summed E-state index contributed by atoms with van der Waals surface area (Å²) >= 11 is 0. The van der Waals surface area contributed by atoms with Crippen LogP contribution in [0.3, 0.4) is 0 Å². The highest BCUT2D eigenvalue weighted by Crippen LogP contribution is 2.26. The van der Waals surface area contributed by atoms with Crippen molar-refractivity contribution < 1.29 is 19.2 Å². The summed E-state index contributed by atoms with van der Waals surface area (Å²) in [5.74, 6) is 0.978. The van der Waals surface area contributed by atoms with Gasteiger partial charge in [0.05, 0.1) is 17.7 Å². The van der Waals surface area contributed by atoms with E-state index in [-0.39, 0.29) is 18.2 Å². The number of anilines is 1. The first kappa shape index (κ1) is 20.9. The molecule has 0 bridgehead atoms. The molecule has 0 aliphatic carbocycles.